The molecule has 6 rings (SSSR count). The highest BCUT2D eigenvalue weighted by Crippen LogP contribution is 2.44. The van der Waals surface area contributed by atoms with Gasteiger partial charge in [0.15, 0.2) is 11.6 Å². The molecule has 6 aromatic rings. The lowest BCUT2D eigenvalue weighted by Gasteiger charge is -2.29. The van der Waals surface area contributed by atoms with Crippen molar-refractivity contribution in [1.29, 1.82) is 0 Å². The van der Waals surface area contributed by atoms with Gasteiger partial charge in [0, 0.05) is 45.9 Å². The number of fused-ring (bicyclic) bond motifs is 2. The monoisotopic (exact) mass is 609 g/mol. The molecule has 0 saturated carbocycles. The predicted molar refractivity (Wildman–Crippen MR) is 176 cm³/mol. The Morgan fingerprint density at radius 2 is 1.74 bits per heavy atom. The van der Waals surface area contributed by atoms with Crippen LogP contribution in [-0.4, -0.2) is 31.1 Å². The predicted octanol–water partition coefficient (Wildman–Crippen LogP) is 8.57. The molecular formula is C34H32ClN5O2S. The van der Waals surface area contributed by atoms with Crippen LogP contribution < -0.4 is 5.73 Å². The third-order valence-electron chi connectivity index (χ3n) is 7.35. The first-order valence-corrected chi connectivity index (χ1v) is 15.2. The summed E-state index contributed by atoms with van der Waals surface area (Å²) in [6, 6.07) is 19.8. The quantitative estimate of drug-likeness (QED) is 0.203. The fourth-order valence-corrected chi connectivity index (χ4v) is 6.70. The average molecular weight is 610 g/mol. The summed E-state index contributed by atoms with van der Waals surface area (Å²) in [7, 11) is 1.88. The summed E-state index contributed by atoms with van der Waals surface area (Å²) in [4.78, 5) is 22.8. The van der Waals surface area contributed by atoms with Crippen molar-refractivity contribution in [3.8, 4) is 33.0 Å². The van der Waals surface area contributed by atoms with E-state index in [2.05, 4.69) is 10.1 Å². The van der Waals surface area contributed by atoms with Gasteiger partial charge in [-0.25, -0.2) is 4.98 Å². The van der Waals surface area contributed by atoms with Crippen LogP contribution in [0.5, 0.6) is 0 Å². The normalized spacial score (nSPS) is 12.7. The number of carbonyl (C=O) groups excluding carboxylic acids is 1. The van der Waals surface area contributed by atoms with E-state index in [0.29, 0.717) is 10.8 Å². The van der Waals surface area contributed by atoms with Crippen molar-refractivity contribution in [2.45, 2.75) is 46.3 Å². The van der Waals surface area contributed by atoms with E-state index in [4.69, 9.17) is 27.1 Å². The van der Waals surface area contributed by atoms with Crippen LogP contribution in [0.2, 0.25) is 5.02 Å². The molecular weight excluding hydrogens is 578 g/mol. The molecule has 0 spiro atoms. The Labute approximate surface area is 259 Å². The zero-order valence-corrected chi connectivity index (χ0v) is 26.5. The molecule has 0 unspecified atom stereocenters. The van der Waals surface area contributed by atoms with Gasteiger partial charge in [0.05, 0.1) is 27.0 Å². The smallest absolute Gasteiger partial charge is 0.163 e. The van der Waals surface area contributed by atoms with E-state index < -0.39 is 11.7 Å². The minimum Gasteiger partial charge on any atom is -0.382 e. The molecule has 1 atom stereocenters. The third kappa shape index (κ3) is 5.54. The first-order valence-electron chi connectivity index (χ1n) is 14.0. The first-order chi connectivity index (χ1) is 20.4. The number of rotatable bonds is 6. The number of benzene rings is 3. The number of nitrogen functional groups attached to an aromatic ring is 1. The lowest BCUT2D eigenvalue weighted by atomic mass is 9.90. The van der Waals surface area contributed by atoms with E-state index in [-0.39, 0.29) is 5.78 Å². The molecule has 0 fully saturated rings. The summed E-state index contributed by atoms with van der Waals surface area (Å²) in [5.41, 5.74) is 13.8. The molecule has 2 N–H and O–H groups in total. The molecule has 3 aromatic carbocycles. The summed E-state index contributed by atoms with van der Waals surface area (Å²) in [5.74, 6) is 0.434. The number of carbonyl (C=O) groups is 1. The van der Waals surface area contributed by atoms with Gasteiger partial charge in [-0.2, -0.15) is 5.10 Å². The van der Waals surface area contributed by atoms with Crippen molar-refractivity contribution in [3.05, 3.63) is 83.0 Å². The Bertz CT molecular complexity index is 2020. The van der Waals surface area contributed by atoms with Gasteiger partial charge in [-0.3, -0.25) is 14.5 Å². The number of aromatic nitrogens is 4. The second-order valence-electron chi connectivity index (χ2n) is 11.7. The molecule has 3 heterocycles. The summed E-state index contributed by atoms with van der Waals surface area (Å²) in [6.07, 6.45) is 1.07. The standard InChI is InChI=1S/C34H32ClN5O2S/c1-18-15-26-31(29(20-7-10-23(35)11-8-20)28(18)30(19(2)41)42-34(3,4)5)43-33(38-26)22-13-14-37-25(17-22)21-9-12-27-24(16-21)32(36)39-40(27)6/h7-17,30H,1-6H3,(H2,36,39)/t30-/m1/s1. The summed E-state index contributed by atoms with van der Waals surface area (Å²) >= 11 is 7.86. The highest BCUT2D eigenvalue weighted by atomic mass is 35.5. The van der Waals surface area contributed by atoms with Gasteiger partial charge in [0.1, 0.15) is 11.1 Å². The van der Waals surface area contributed by atoms with E-state index >= 15 is 0 Å². The molecule has 43 heavy (non-hydrogen) atoms. The fourth-order valence-electron chi connectivity index (χ4n) is 5.45. The van der Waals surface area contributed by atoms with Crippen molar-refractivity contribution in [2.75, 3.05) is 5.73 Å². The van der Waals surface area contributed by atoms with Gasteiger partial charge in [-0.05, 0) is 88.2 Å². The number of hydrogen-bond acceptors (Lipinski definition) is 7. The fraction of sp³-hybridized carbons (Fsp3) is 0.235. The Balaban J connectivity index is 1.53. The molecule has 9 heteroatoms. The zero-order valence-electron chi connectivity index (χ0n) is 24.9. The number of hydrogen-bond donors (Lipinski definition) is 1. The number of thiazole rings is 1. The van der Waals surface area contributed by atoms with E-state index in [1.54, 1.807) is 29.1 Å². The summed E-state index contributed by atoms with van der Waals surface area (Å²) < 4.78 is 9.13. The Morgan fingerprint density at radius 1 is 1.02 bits per heavy atom. The van der Waals surface area contributed by atoms with E-state index in [0.717, 1.165) is 65.2 Å². The summed E-state index contributed by atoms with van der Waals surface area (Å²) in [6.45, 7) is 9.49. The van der Waals surface area contributed by atoms with Gasteiger partial charge < -0.3 is 10.5 Å². The second kappa shape index (κ2) is 10.9. The highest BCUT2D eigenvalue weighted by Gasteiger charge is 2.30. The number of ether oxygens (including phenoxy) is 1. The number of ketones is 1. The maximum atomic E-state index is 13.1. The van der Waals surface area contributed by atoms with Gasteiger partial charge in [0.25, 0.3) is 0 Å². The molecule has 0 radical (unpaired) electrons. The number of halogens is 1. The maximum absolute atomic E-state index is 13.1. The molecule has 0 aliphatic rings. The Hall–Kier alpha value is -4.11. The zero-order chi connectivity index (χ0) is 30.6. The number of pyridine rings is 1. The van der Waals surface area contributed by atoms with Crippen LogP contribution in [0.4, 0.5) is 5.82 Å². The largest absolute Gasteiger partial charge is 0.382 e. The second-order valence-corrected chi connectivity index (χ2v) is 13.2. The minimum absolute atomic E-state index is 0.0534. The van der Waals surface area contributed by atoms with Crippen molar-refractivity contribution in [2.24, 2.45) is 7.05 Å². The molecule has 218 valence electrons. The minimum atomic E-state index is -0.733. The topological polar surface area (TPSA) is 95.9 Å². The third-order valence-corrected chi connectivity index (χ3v) is 8.73. The lowest BCUT2D eigenvalue weighted by molar-refractivity contribution is -0.138. The van der Waals surface area contributed by atoms with Crippen LogP contribution in [0.15, 0.2) is 66.9 Å². The molecule has 3 aromatic heterocycles. The number of nitrogens with zero attached hydrogens (tertiary/aromatic N) is 4. The van der Waals surface area contributed by atoms with E-state index in [1.165, 1.54) is 0 Å². The molecule has 0 bridgehead atoms. The van der Waals surface area contributed by atoms with Crippen LogP contribution in [0, 0.1) is 6.92 Å². The SMILES string of the molecule is CC(=O)[C@@H](OC(C)(C)C)c1c(C)cc2nc(-c3ccnc(-c4ccc5c(c4)c(N)nn5C)c3)sc2c1-c1ccc(Cl)cc1. The lowest BCUT2D eigenvalue weighted by Crippen LogP contribution is -2.27. The van der Waals surface area contributed by atoms with Gasteiger partial charge in [-0.1, -0.05) is 29.8 Å². The van der Waals surface area contributed by atoms with Crippen molar-refractivity contribution < 1.29 is 9.53 Å². The summed E-state index contributed by atoms with van der Waals surface area (Å²) in [5, 5.41) is 6.72. The molecule has 0 saturated heterocycles. The molecule has 7 nitrogen and oxygen atoms in total. The van der Waals surface area contributed by atoms with E-state index in [9.17, 15) is 4.79 Å². The molecule has 0 aliphatic carbocycles. The number of anilines is 1. The Kier molecular flexibility index (Phi) is 7.32. The van der Waals surface area contributed by atoms with Gasteiger partial charge >= 0.3 is 0 Å². The first kappa shape index (κ1) is 29.0. The van der Waals surface area contributed by atoms with Crippen LogP contribution >= 0.6 is 22.9 Å². The van der Waals surface area contributed by atoms with E-state index in [1.807, 2.05) is 95.4 Å². The van der Waals surface area contributed by atoms with Crippen molar-refractivity contribution in [1.82, 2.24) is 19.7 Å². The number of aryl methyl sites for hydroxylation is 2. The van der Waals surface area contributed by atoms with Crippen LogP contribution in [0.25, 0.3) is 54.1 Å². The highest BCUT2D eigenvalue weighted by molar-refractivity contribution is 7.22. The van der Waals surface area contributed by atoms with Crippen molar-refractivity contribution >= 4 is 55.7 Å². The van der Waals surface area contributed by atoms with Gasteiger partial charge in [-0.15, -0.1) is 11.3 Å². The average Bonchev–Trinajstić information content (AvgIpc) is 3.51. The van der Waals surface area contributed by atoms with Gasteiger partial charge in [0.2, 0.25) is 0 Å². The van der Waals surface area contributed by atoms with Crippen LogP contribution in [0.1, 0.15) is 44.9 Å². The molecule has 0 amide bonds. The van der Waals surface area contributed by atoms with Crippen molar-refractivity contribution in [3.63, 3.8) is 0 Å². The van der Waals surface area contributed by atoms with Crippen LogP contribution in [-0.2, 0) is 16.6 Å². The van der Waals surface area contributed by atoms with Crippen LogP contribution in [0.3, 0.4) is 0 Å². The maximum Gasteiger partial charge on any atom is 0.163 e. The number of nitrogens with two attached hydrogens (primary N) is 1. The number of Topliss-reactive ketones (excluding diaryl/α,β-unsaturated/α-hetero) is 1. The Morgan fingerprint density at radius 3 is 2.44 bits per heavy atom. The molecule has 0 aliphatic heterocycles.